The number of hydrogen-bond donors (Lipinski definition) is 2. The fraction of sp³-hybridized carbons (Fsp3) is 0.429. The van der Waals surface area contributed by atoms with Crippen molar-refractivity contribution in [3.63, 3.8) is 0 Å². The second kappa shape index (κ2) is 4.53. The van der Waals surface area contributed by atoms with E-state index in [9.17, 15) is 9.59 Å². The molecule has 1 aliphatic rings. The quantitative estimate of drug-likeness (QED) is 0.787. The minimum atomic E-state index is -1.52. The van der Waals surface area contributed by atoms with Gasteiger partial charge >= 0.3 is 5.97 Å². The first-order valence-corrected chi connectivity index (χ1v) is 6.04. The van der Waals surface area contributed by atoms with E-state index in [1.807, 2.05) is 24.3 Å². The van der Waals surface area contributed by atoms with Crippen molar-refractivity contribution in [3.8, 4) is 0 Å². The monoisotopic (exact) mass is 247 g/mol. The Kier molecular flexibility index (Phi) is 3.22. The first-order valence-electron chi connectivity index (χ1n) is 6.04. The maximum Gasteiger partial charge on any atom is 0.324 e. The second-order valence-electron chi connectivity index (χ2n) is 5.09. The number of hydrogen-bond acceptors (Lipinski definition) is 3. The molecule has 0 spiro atoms. The summed E-state index contributed by atoms with van der Waals surface area (Å²) in [6.45, 7) is 1.41. The van der Waals surface area contributed by atoms with Crippen molar-refractivity contribution in [1.82, 2.24) is 0 Å². The zero-order valence-electron chi connectivity index (χ0n) is 10.3. The van der Waals surface area contributed by atoms with Crippen LogP contribution in [0.25, 0.3) is 0 Å². The Morgan fingerprint density at radius 3 is 2.83 bits per heavy atom. The molecule has 0 fully saturated rings. The van der Waals surface area contributed by atoms with Crippen LogP contribution in [0.4, 0.5) is 0 Å². The van der Waals surface area contributed by atoms with Gasteiger partial charge in [-0.05, 0) is 36.8 Å². The number of fused-ring (bicyclic) bond motifs is 1. The van der Waals surface area contributed by atoms with E-state index in [1.165, 1.54) is 12.5 Å². The third-order valence-corrected chi connectivity index (χ3v) is 3.91. The molecule has 0 aliphatic heterocycles. The molecule has 4 heteroatoms. The van der Waals surface area contributed by atoms with Gasteiger partial charge in [0.25, 0.3) is 0 Å². The van der Waals surface area contributed by atoms with E-state index in [0.29, 0.717) is 6.29 Å². The van der Waals surface area contributed by atoms with Gasteiger partial charge in [-0.1, -0.05) is 24.3 Å². The summed E-state index contributed by atoms with van der Waals surface area (Å²) in [4.78, 5) is 22.5. The standard InChI is InChI=1S/C14H17NO3/c1-14(15,13(17)18)12(8-16)11-7-6-9-4-2-3-5-10(9)11/h2-5,8,11-12H,6-7,15H2,1H3,(H,17,18)/t11-,12?,14?/m0/s1. The van der Waals surface area contributed by atoms with Gasteiger partial charge < -0.3 is 15.6 Å². The summed E-state index contributed by atoms with van der Waals surface area (Å²) in [5.74, 6) is -1.92. The number of carbonyl (C=O) groups excluding carboxylic acids is 1. The Balaban J connectivity index is 2.37. The highest BCUT2D eigenvalue weighted by molar-refractivity contribution is 5.83. The van der Waals surface area contributed by atoms with Crippen molar-refractivity contribution >= 4 is 12.3 Å². The van der Waals surface area contributed by atoms with Gasteiger partial charge in [-0.3, -0.25) is 4.79 Å². The molecule has 0 saturated heterocycles. The van der Waals surface area contributed by atoms with E-state index in [2.05, 4.69) is 0 Å². The Bertz CT molecular complexity index is 482. The second-order valence-corrected chi connectivity index (χ2v) is 5.09. The average molecular weight is 247 g/mol. The molecule has 2 unspecified atom stereocenters. The first-order chi connectivity index (χ1) is 8.48. The lowest BCUT2D eigenvalue weighted by Gasteiger charge is -2.31. The summed E-state index contributed by atoms with van der Waals surface area (Å²) in [7, 11) is 0. The van der Waals surface area contributed by atoms with Crippen LogP contribution in [0.3, 0.4) is 0 Å². The number of carboxylic acid groups (broad SMARTS) is 1. The van der Waals surface area contributed by atoms with Crippen molar-refractivity contribution in [1.29, 1.82) is 0 Å². The Morgan fingerprint density at radius 2 is 2.22 bits per heavy atom. The molecule has 2 rings (SSSR count). The van der Waals surface area contributed by atoms with Crippen LogP contribution in [0.1, 0.15) is 30.4 Å². The van der Waals surface area contributed by atoms with E-state index in [0.717, 1.165) is 18.4 Å². The minimum Gasteiger partial charge on any atom is -0.480 e. The normalized spacial score (nSPS) is 22.9. The summed E-state index contributed by atoms with van der Waals surface area (Å²) in [6, 6.07) is 7.84. The molecule has 18 heavy (non-hydrogen) atoms. The SMILES string of the molecule is CC(N)(C(=O)O)C(C=O)[C@H]1CCc2ccccc21. The summed E-state index contributed by atoms with van der Waals surface area (Å²) in [5.41, 5.74) is 6.55. The molecule has 3 N–H and O–H groups in total. The van der Waals surface area contributed by atoms with Crippen LogP contribution < -0.4 is 5.73 Å². The van der Waals surface area contributed by atoms with Crippen LogP contribution in [0.15, 0.2) is 24.3 Å². The zero-order valence-corrected chi connectivity index (χ0v) is 10.3. The van der Waals surface area contributed by atoms with Crippen LogP contribution in [0.5, 0.6) is 0 Å². The molecule has 0 saturated carbocycles. The van der Waals surface area contributed by atoms with E-state index < -0.39 is 17.4 Å². The molecule has 0 heterocycles. The molecular weight excluding hydrogens is 230 g/mol. The molecule has 0 radical (unpaired) electrons. The maximum absolute atomic E-state index is 11.3. The average Bonchev–Trinajstić information content (AvgIpc) is 2.74. The predicted molar refractivity (Wildman–Crippen MR) is 67.3 cm³/mol. The molecule has 4 nitrogen and oxygen atoms in total. The Hall–Kier alpha value is -1.68. The molecule has 1 aromatic carbocycles. The molecule has 1 aliphatic carbocycles. The number of carbonyl (C=O) groups is 2. The number of rotatable bonds is 4. The summed E-state index contributed by atoms with van der Waals surface area (Å²) in [6.07, 6.45) is 2.35. The Morgan fingerprint density at radius 1 is 1.56 bits per heavy atom. The number of aldehydes is 1. The van der Waals surface area contributed by atoms with Gasteiger partial charge in [-0.2, -0.15) is 0 Å². The zero-order chi connectivity index (χ0) is 13.3. The topological polar surface area (TPSA) is 80.4 Å². The summed E-state index contributed by atoms with van der Waals surface area (Å²) in [5, 5.41) is 9.17. The van der Waals surface area contributed by atoms with Crippen molar-refractivity contribution in [2.45, 2.75) is 31.2 Å². The van der Waals surface area contributed by atoms with E-state index in [4.69, 9.17) is 10.8 Å². The maximum atomic E-state index is 11.3. The molecule has 0 aromatic heterocycles. The number of nitrogens with two attached hydrogens (primary N) is 1. The third-order valence-electron chi connectivity index (χ3n) is 3.91. The van der Waals surface area contributed by atoms with E-state index >= 15 is 0 Å². The van der Waals surface area contributed by atoms with Gasteiger partial charge in [-0.25, -0.2) is 0 Å². The van der Waals surface area contributed by atoms with Crippen molar-refractivity contribution in [3.05, 3.63) is 35.4 Å². The van der Waals surface area contributed by atoms with Crippen molar-refractivity contribution < 1.29 is 14.7 Å². The number of aliphatic carboxylic acids is 1. The smallest absolute Gasteiger partial charge is 0.324 e. The van der Waals surface area contributed by atoms with Crippen LogP contribution in [0.2, 0.25) is 0 Å². The van der Waals surface area contributed by atoms with E-state index in [-0.39, 0.29) is 5.92 Å². The molecule has 3 atom stereocenters. The number of benzene rings is 1. The first kappa shape index (κ1) is 12.8. The summed E-state index contributed by atoms with van der Waals surface area (Å²) >= 11 is 0. The van der Waals surface area contributed by atoms with Gasteiger partial charge in [0, 0.05) is 5.92 Å². The molecular formula is C14H17NO3. The molecule has 0 amide bonds. The number of aryl methyl sites for hydroxylation is 1. The molecule has 96 valence electrons. The van der Waals surface area contributed by atoms with Gasteiger partial charge in [0.15, 0.2) is 0 Å². The van der Waals surface area contributed by atoms with Gasteiger partial charge in [0.1, 0.15) is 11.8 Å². The van der Waals surface area contributed by atoms with E-state index in [1.54, 1.807) is 0 Å². The highest BCUT2D eigenvalue weighted by Gasteiger charge is 2.44. The number of carboxylic acids is 1. The lowest BCUT2D eigenvalue weighted by molar-refractivity contribution is -0.146. The Labute approximate surface area is 106 Å². The van der Waals surface area contributed by atoms with Gasteiger partial charge in [0.05, 0.1) is 0 Å². The fourth-order valence-electron chi connectivity index (χ4n) is 2.76. The molecule has 0 bridgehead atoms. The van der Waals surface area contributed by atoms with Crippen molar-refractivity contribution in [2.75, 3.05) is 0 Å². The van der Waals surface area contributed by atoms with Crippen LogP contribution in [-0.4, -0.2) is 22.9 Å². The van der Waals surface area contributed by atoms with Gasteiger partial charge in [-0.15, -0.1) is 0 Å². The predicted octanol–water partition coefficient (Wildman–Crippen LogP) is 1.33. The third kappa shape index (κ3) is 1.93. The lowest BCUT2D eigenvalue weighted by Crippen LogP contribution is -2.53. The lowest BCUT2D eigenvalue weighted by atomic mass is 9.76. The van der Waals surface area contributed by atoms with Crippen LogP contribution in [0, 0.1) is 5.92 Å². The minimum absolute atomic E-state index is 0.0928. The van der Waals surface area contributed by atoms with Gasteiger partial charge in [0.2, 0.25) is 0 Å². The fourth-order valence-corrected chi connectivity index (χ4v) is 2.76. The highest BCUT2D eigenvalue weighted by atomic mass is 16.4. The summed E-state index contributed by atoms with van der Waals surface area (Å²) < 4.78 is 0. The van der Waals surface area contributed by atoms with Crippen molar-refractivity contribution in [2.24, 2.45) is 11.7 Å². The largest absolute Gasteiger partial charge is 0.480 e. The highest BCUT2D eigenvalue weighted by Crippen LogP contribution is 2.40. The van der Waals surface area contributed by atoms with Crippen LogP contribution in [-0.2, 0) is 16.0 Å². The van der Waals surface area contributed by atoms with Crippen LogP contribution >= 0.6 is 0 Å². The molecule has 1 aromatic rings.